The van der Waals surface area contributed by atoms with Crippen LogP contribution in [0.25, 0.3) is 0 Å². The molecule has 44 heavy (non-hydrogen) atoms. The molecule has 4 aromatic rings. The van der Waals surface area contributed by atoms with E-state index in [-0.39, 0.29) is 29.9 Å². The maximum absolute atomic E-state index is 13.8. The van der Waals surface area contributed by atoms with Gasteiger partial charge in [-0.15, -0.1) is 0 Å². The molecule has 0 unspecified atom stereocenters. The zero-order chi connectivity index (χ0) is 31.0. The minimum Gasteiger partial charge on any atom is -0.484 e. The number of nitrogens with one attached hydrogen (secondary N) is 2. The molecule has 3 atom stereocenters. The molecule has 6 rings (SSSR count). The number of benzene rings is 3. The SMILES string of the molecule is CCOC(=O)c1ccc(NC(=O)COc2ccc([C@@H]3c4sc(=O)[nH]c4S[C@H]4C(=O)N(c5ccc(Br)cc5)C(=O)[C@@H]34)cc2)cc1. The molecule has 0 spiro atoms. The zero-order valence-corrected chi connectivity index (χ0v) is 26.3. The zero-order valence-electron chi connectivity index (χ0n) is 23.1. The number of fused-ring (bicyclic) bond motifs is 2. The van der Waals surface area contributed by atoms with Crippen LogP contribution in [0.2, 0.25) is 0 Å². The smallest absolute Gasteiger partial charge is 0.338 e. The molecule has 1 saturated heterocycles. The molecule has 3 aromatic carbocycles. The van der Waals surface area contributed by atoms with Gasteiger partial charge in [0.2, 0.25) is 11.8 Å². The summed E-state index contributed by atoms with van der Waals surface area (Å²) in [5.74, 6) is -2.27. The minimum absolute atomic E-state index is 0.251. The van der Waals surface area contributed by atoms with Crippen molar-refractivity contribution >= 4 is 74.1 Å². The quantitative estimate of drug-likeness (QED) is 0.190. The maximum Gasteiger partial charge on any atom is 0.338 e. The minimum atomic E-state index is -0.706. The van der Waals surface area contributed by atoms with Gasteiger partial charge in [-0.1, -0.05) is 51.2 Å². The first-order chi connectivity index (χ1) is 21.2. The summed E-state index contributed by atoms with van der Waals surface area (Å²) in [4.78, 5) is 68.5. The van der Waals surface area contributed by atoms with Gasteiger partial charge in [-0.3, -0.25) is 19.2 Å². The molecule has 224 valence electrons. The first-order valence-corrected chi connectivity index (χ1v) is 16.0. The molecule has 3 amide bonds. The molecular formula is C31H24BrN3O7S2. The Bertz CT molecular complexity index is 1800. The molecule has 2 aliphatic heterocycles. The predicted molar refractivity (Wildman–Crippen MR) is 170 cm³/mol. The Labute approximate surface area is 267 Å². The van der Waals surface area contributed by atoms with Gasteiger partial charge in [-0.25, -0.2) is 9.69 Å². The molecule has 2 aliphatic rings. The van der Waals surface area contributed by atoms with Gasteiger partial charge in [0.1, 0.15) is 11.0 Å². The Morgan fingerprint density at radius 2 is 1.66 bits per heavy atom. The van der Waals surface area contributed by atoms with E-state index in [1.807, 2.05) is 0 Å². The number of rotatable bonds is 8. The second-order valence-corrected chi connectivity index (χ2v) is 13.0. The summed E-state index contributed by atoms with van der Waals surface area (Å²) in [6, 6.07) is 20.3. The molecule has 0 aliphatic carbocycles. The molecular weight excluding hydrogens is 670 g/mol. The van der Waals surface area contributed by atoms with Gasteiger partial charge in [0.05, 0.1) is 28.8 Å². The van der Waals surface area contributed by atoms with Crippen LogP contribution in [0.4, 0.5) is 11.4 Å². The lowest BCUT2D eigenvalue weighted by atomic mass is 9.83. The highest BCUT2D eigenvalue weighted by molar-refractivity contribution is 9.10. The molecule has 0 bridgehead atoms. The van der Waals surface area contributed by atoms with Crippen LogP contribution in [0.3, 0.4) is 0 Å². The largest absolute Gasteiger partial charge is 0.484 e. The van der Waals surface area contributed by atoms with Gasteiger partial charge in [-0.2, -0.15) is 0 Å². The molecule has 2 N–H and O–H groups in total. The van der Waals surface area contributed by atoms with Crippen molar-refractivity contribution in [3.8, 4) is 5.75 Å². The second kappa shape index (κ2) is 12.4. The van der Waals surface area contributed by atoms with Crippen molar-refractivity contribution in [3.63, 3.8) is 0 Å². The molecule has 3 heterocycles. The number of halogens is 1. The van der Waals surface area contributed by atoms with Crippen LogP contribution >= 0.6 is 39.0 Å². The Balaban J connectivity index is 1.17. The Kier molecular flexibility index (Phi) is 8.43. The van der Waals surface area contributed by atoms with Gasteiger partial charge in [0, 0.05) is 21.0 Å². The standard InChI is InChI=1S/C31H24BrN3O7S2/c1-2-41-30(39)17-3-9-19(10-4-17)33-22(36)15-42-21-13-5-16(6-14-21)23-24-26(43-27-25(23)44-31(40)34-27)29(38)35(28(24)37)20-11-7-18(32)8-12-20/h3-14,23-24,26H,2,15H2,1H3,(H,33,36)(H,34,40)/t23-,24-,26+/m0/s1. The number of nitrogens with zero attached hydrogens (tertiary/aromatic N) is 1. The van der Waals surface area contributed by atoms with E-state index in [1.165, 1.54) is 16.7 Å². The highest BCUT2D eigenvalue weighted by Crippen LogP contribution is 2.53. The fourth-order valence-corrected chi connectivity index (χ4v) is 8.02. The van der Waals surface area contributed by atoms with Gasteiger partial charge < -0.3 is 19.8 Å². The topological polar surface area (TPSA) is 135 Å². The predicted octanol–water partition coefficient (Wildman–Crippen LogP) is 5.19. The first-order valence-electron chi connectivity index (χ1n) is 13.6. The van der Waals surface area contributed by atoms with E-state index >= 15 is 0 Å². The third-order valence-corrected chi connectivity index (χ3v) is 10.1. The summed E-state index contributed by atoms with van der Waals surface area (Å²) in [6.45, 7) is 1.74. The van der Waals surface area contributed by atoms with Crippen molar-refractivity contribution in [1.29, 1.82) is 0 Å². The average molecular weight is 695 g/mol. The number of aromatic amines is 1. The normalized spacial score (nSPS) is 18.9. The lowest BCUT2D eigenvalue weighted by Crippen LogP contribution is -2.32. The van der Waals surface area contributed by atoms with Crippen molar-refractivity contribution in [2.45, 2.75) is 23.1 Å². The average Bonchev–Trinajstić information content (AvgIpc) is 3.51. The van der Waals surface area contributed by atoms with Crippen LogP contribution in [0, 0.1) is 5.92 Å². The van der Waals surface area contributed by atoms with Gasteiger partial charge in [0.25, 0.3) is 5.91 Å². The molecule has 10 nitrogen and oxygen atoms in total. The second-order valence-electron chi connectivity index (χ2n) is 9.94. The Morgan fingerprint density at radius 1 is 0.955 bits per heavy atom. The number of thioether (sulfide) groups is 1. The van der Waals surface area contributed by atoms with Crippen LogP contribution in [0.5, 0.6) is 5.75 Å². The number of anilines is 2. The Hall–Kier alpha value is -4.20. The number of thiazole rings is 1. The highest BCUT2D eigenvalue weighted by Gasteiger charge is 2.56. The third-order valence-electron chi connectivity index (χ3n) is 7.20. The summed E-state index contributed by atoms with van der Waals surface area (Å²) < 4.78 is 11.5. The van der Waals surface area contributed by atoms with Gasteiger partial charge >= 0.3 is 10.8 Å². The number of hydrogen-bond donors (Lipinski definition) is 2. The lowest BCUT2D eigenvalue weighted by Gasteiger charge is -2.29. The van der Waals surface area contributed by atoms with Crippen molar-refractivity contribution < 1.29 is 28.7 Å². The van der Waals surface area contributed by atoms with Gasteiger partial charge in [-0.05, 0) is 73.2 Å². The van der Waals surface area contributed by atoms with Crippen LogP contribution < -0.4 is 19.8 Å². The molecule has 0 radical (unpaired) electrons. The number of hydrogen-bond acceptors (Lipinski definition) is 9. The van der Waals surface area contributed by atoms with Crippen molar-refractivity contribution in [2.24, 2.45) is 5.92 Å². The molecule has 13 heteroatoms. The van der Waals surface area contributed by atoms with Crippen molar-refractivity contribution in [1.82, 2.24) is 4.98 Å². The van der Waals surface area contributed by atoms with E-state index in [0.29, 0.717) is 32.6 Å². The summed E-state index contributed by atoms with van der Waals surface area (Å²) >= 11 is 5.65. The van der Waals surface area contributed by atoms with Crippen molar-refractivity contribution in [3.05, 3.63) is 103 Å². The van der Waals surface area contributed by atoms with Gasteiger partial charge in [0.15, 0.2) is 6.61 Å². The number of carbonyl (C=O) groups excluding carboxylic acids is 4. The van der Waals surface area contributed by atoms with E-state index < -0.39 is 29.0 Å². The number of esters is 1. The highest BCUT2D eigenvalue weighted by atomic mass is 79.9. The number of carbonyl (C=O) groups is 4. The fourth-order valence-electron chi connectivity index (χ4n) is 5.24. The summed E-state index contributed by atoms with van der Waals surface area (Å²) in [6.07, 6.45) is 0. The lowest BCUT2D eigenvalue weighted by molar-refractivity contribution is -0.122. The molecule has 1 aromatic heterocycles. The first kappa shape index (κ1) is 29.9. The Morgan fingerprint density at radius 3 is 2.34 bits per heavy atom. The number of ether oxygens (including phenoxy) is 2. The monoisotopic (exact) mass is 693 g/mol. The van der Waals surface area contributed by atoms with Crippen LogP contribution in [0.1, 0.15) is 33.6 Å². The number of imide groups is 1. The van der Waals surface area contributed by atoms with Crippen LogP contribution in [0.15, 0.2) is 87.1 Å². The number of H-pyrrole nitrogens is 1. The molecule has 0 saturated carbocycles. The molecule has 1 fully saturated rings. The van der Waals surface area contributed by atoms with Crippen molar-refractivity contribution in [2.75, 3.05) is 23.4 Å². The van der Waals surface area contributed by atoms with Crippen LogP contribution in [-0.4, -0.2) is 47.1 Å². The van der Waals surface area contributed by atoms with E-state index in [9.17, 15) is 24.0 Å². The maximum atomic E-state index is 13.8. The number of aromatic nitrogens is 1. The summed E-state index contributed by atoms with van der Waals surface area (Å²) in [5, 5.41) is 2.62. The summed E-state index contributed by atoms with van der Waals surface area (Å²) in [5.41, 5.74) is 2.12. The van der Waals surface area contributed by atoms with Crippen LogP contribution in [-0.2, 0) is 19.1 Å². The van der Waals surface area contributed by atoms with E-state index in [4.69, 9.17) is 9.47 Å². The number of amides is 3. The van der Waals surface area contributed by atoms with E-state index in [1.54, 1.807) is 79.7 Å². The van der Waals surface area contributed by atoms with E-state index in [2.05, 4.69) is 26.2 Å². The third kappa shape index (κ3) is 5.82. The fraction of sp³-hybridized carbons (Fsp3) is 0.194. The summed E-state index contributed by atoms with van der Waals surface area (Å²) in [7, 11) is 0. The van der Waals surface area contributed by atoms with E-state index in [0.717, 1.165) is 21.4 Å².